The summed E-state index contributed by atoms with van der Waals surface area (Å²) in [6.45, 7) is 3.44. The Kier molecular flexibility index (Phi) is 8.63. The number of nitrogens with zero attached hydrogens (tertiary/aromatic N) is 1. The molecule has 1 fully saturated rings. The molecule has 0 saturated carbocycles. The quantitative estimate of drug-likeness (QED) is 0.785. The first-order valence-corrected chi connectivity index (χ1v) is 7.79. The lowest BCUT2D eigenvalue weighted by atomic mass is 10.2. The summed E-state index contributed by atoms with van der Waals surface area (Å²) in [5, 5.41) is 5.77. The Morgan fingerprint density at radius 3 is 2.75 bits per heavy atom. The molecule has 8 heteroatoms. The van der Waals surface area contributed by atoms with Crippen LogP contribution in [0.1, 0.15) is 29.6 Å². The van der Waals surface area contributed by atoms with Crippen LogP contribution in [-0.4, -0.2) is 49.4 Å². The molecule has 5 nitrogen and oxygen atoms in total. The molecule has 0 radical (unpaired) electrons. The molecule has 1 aliphatic rings. The molecule has 2 amide bonds. The molecule has 2 N–H and O–H groups in total. The average Bonchev–Trinajstić information content (AvgIpc) is 2.80. The molecular formula is C16H22ClF2N3O2. The number of hydrogen-bond acceptors (Lipinski definition) is 3. The maximum atomic E-state index is 13.5. The van der Waals surface area contributed by atoms with E-state index in [9.17, 15) is 18.4 Å². The molecule has 1 saturated heterocycles. The summed E-state index contributed by atoms with van der Waals surface area (Å²) >= 11 is 0. The zero-order chi connectivity index (χ0) is 16.7. The van der Waals surface area contributed by atoms with Crippen LogP contribution in [0.25, 0.3) is 0 Å². The fourth-order valence-electron chi connectivity index (χ4n) is 2.46. The molecule has 1 aromatic carbocycles. The molecule has 0 aliphatic carbocycles. The van der Waals surface area contributed by atoms with Crippen LogP contribution < -0.4 is 10.6 Å². The van der Waals surface area contributed by atoms with Crippen LogP contribution in [0.15, 0.2) is 18.2 Å². The number of carbonyl (C=O) groups excluding carboxylic acids is 2. The number of benzene rings is 1. The molecule has 1 aromatic rings. The predicted octanol–water partition coefficient (Wildman–Crippen LogP) is 1.72. The highest BCUT2D eigenvalue weighted by Gasteiger charge is 2.15. The van der Waals surface area contributed by atoms with E-state index < -0.39 is 17.5 Å². The van der Waals surface area contributed by atoms with Gasteiger partial charge in [-0.1, -0.05) is 0 Å². The van der Waals surface area contributed by atoms with Gasteiger partial charge in [-0.25, -0.2) is 8.78 Å². The van der Waals surface area contributed by atoms with Crippen LogP contribution >= 0.6 is 12.4 Å². The van der Waals surface area contributed by atoms with Crippen molar-refractivity contribution in [3.63, 3.8) is 0 Å². The van der Waals surface area contributed by atoms with Gasteiger partial charge in [-0.3, -0.25) is 9.59 Å². The van der Waals surface area contributed by atoms with Crippen molar-refractivity contribution in [1.29, 1.82) is 0 Å². The smallest absolute Gasteiger partial charge is 0.254 e. The van der Waals surface area contributed by atoms with Crippen molar-refractivity contribution >= 4 is 24.2 Å². The van der Waals surface area contributed by atoms with Crippen LogP contribution in [0.3, 0.4) is 0 Å². The summed E-state index contributed by atoms with van der Waals surface area (Å²) in [6.07, 6.45) is 1.76. The summed E-state index contributed by atoms with van der Waals surface area (Å²) in [5.41, 5.74) is -0.198. The number of amides is 2. The highest BCUT2D eigenvalue weighted by atomic mass is 35.5. The first-order valence-electron chi connectivity index (χ1n) is 7.79. The Labute approximate surface area is 146 Å². The fourth-order valence-corrected chi connectivity index (χ4v) is 2.46. The van der Waals surface area contributed by atoms with Gasteiger partial charge < -0.3 is 15.5 Å². The van der Waals surface area contributed by atoms with E-state index >= 15 is 0 Å². The highest BCUT2D eigenvalue weighted by Crippen LogP contribution is 2.09. The summed E-state index contributed by atoms with van der Waals surface area (Å²) in [6, 6.07) is 2.82. The van der Waals surface area contributed by atoms with Gasteiger partial charge in [-0.05, 0) is 31.5 Å². The number of rotatable bonds is 5. The maximum Gasteiger partial charge on any atom is 0.254 e. The van der Waals surface area contributed by atoms with Crippen LogP contribution in [0.5, 0.6) is 0 Å². The minimum Gasteiger partial charge on any atom is -0.352 e. The van der Waals surface area contributed by atoms with Crippen molar-refractivity contribution in [3.8, 4) is 0 Å². The number of nitrogens with one attached hydrogen (secondary N) is 2. The molecule has 134 valence electrons. The molecule has 0 bridgehead atoms. The van der Waals surface area contributed by atoms with Crippen molar-refractivity contribution in [3.05, 3.63) is 35.4 Å². The summed E-state index contributed by atoms with van der Waals surface area (Å²) < 4.78 is 26.2. The van der Waals surface area contributed by atoms with E-state index in [0.29, 0.717) is 25.5 Å². The van der Waals surface area contributed by atoms with Crippen LogP contribution in [0.2, 0.25) is 0 Å². The van der Waals surface area contributed by atoms with Crippen LogP contribution in [0, 0.1) is 11.6 Å². The molecular weight excluding hydrogens is 340 g/mol. The SMILES string of the molecule is Cl.O=C(NCCCC(=O)N1CCCNCC1)c1ccc(F)cc1F. The Morgan fingerprint density at radius 2 is 2.00 bits per heavy atom. The van der Waals surface area contributed by atoms with E-state index in [1.54, 1.807) is 0 Å². The van der Waals surface area contributed by atoms with E-state index in [1.807, 2.05) is 4.90 Å². The van der Waals surface area contributed by atoms with Gasteiger partial charge >= 0.3 is 0 Å². The van der Waals surface area contributed by atoms with Crippen molar-refractivity contribution in [1.82, 2.24) is 15.5 Å². The van der Waals surface area contributed by atoms with Gasteiger partial charge in [0.2, 0.25) is 5.91 Å². The second-order valence-corrected chi connectivity index (χ2v) is 5.47. The third-order valence-corrected chi connectivity index (χ3v) is 3.72. The van der Waals surface area contributed by atoms with Gasteiger partial charge in [0.15, 0.2) is 0 Å². The Morgan fingerprint density at radius 1 is 1.21 bits per heavy atom. The maximum absolute atomic E-state index is 13.5. The largest absolute Gasteiger partial charge is 0.352 e. The zero-order valence-electron chi connectivity index (χ0n) is 13.3. The van der Waals surface area contributed by atoms with Crippen LogP contribution in [0.4, 0.5) is 8.78 Å². The van der Waals surface area contributed by atoms with Gasteiger partial charge in [-0.2, -0.15) is 0 Å². The van der Waals surface area contributed by atoms with Crippen LogP contribution in [-0.2, 0) is 4.79 Å². The third kappa shape index (κ3) is 6.05. The number of halogens is 3. The Hall–Kier alpha value is -1.73. The van der Waals surface area contributed by atoms with Crippen molar-refractivity contribution in [2.24, 2.45) is 0 Å². The molecule has 0 spiro atoms. The first-order chi connectivity index (χ1) is 11.1. The predicted molar refractivity (Wildman–Crippen MR) is 89.2 cm³/mol. The first kappa shape index (κ1) is 20.3. The standard InChI is InChI=1S/C16H21F2N3O2.ClH/c17-12-4-5-13(14(18)11-12)16(23)20-7-1-3-15(22)21-9-2-6-19-8-10-21;/h4-5,11,19H,1-3,6-10H2,(H,20,23);1H. The number of carbonyl (C=O) groups is 2. The molecule has 2 rings (SSSR count). The van der Waals surface area contributed by atoms with E-state index in [1.165, 1.54) is 0 Å². The number of hydrogen-bond donors (Lipinski definition) is 2. The lowest BCUT2D eigenvalue weighted by Gasteiger charge is -2.19. The average molecular weight is 362 g/mol. The third-order valence-electron chi connectivity index (χ3n) is 3.72. The Bertz CT molecular complexity index is 564. The lowest BCUT2D eigenvalue weighted by molar-refractivity contribution is -0.131. The van der Waals surface area contributed by atoms with Gasteiger partial charge in [0.1, 0.15) is 11.6 Å². The topological polar surface area (TPSA) is 61.4 Å². The molecule has 0 unspecified atom stereocenters. The second-order valence-electron chi connectivity index (χ2n) is 5.47. The monoisotopic (exact) mass is 361 g/mol. The fraction of sp³-hybridized carbons (Fsp3) is 0.500. The lowest BCUT2D eigenvalue weighted by Crippen LogP contribution is -2.34. The van der Waals surface area contributed by atoms with Gasteiger partial charge in [0.05, 0.1) is 5.56 Å². The summed E-state index contributed by atoms with van der Waals surface area (Å²) in [7, 11) is 0. The van der Waals surface area contributed by atoms with E-state index in [4.69, 9.17) is 0 Å². The van der Waals surface area contributed by atoms with Gasteiger partial charge in [0, 0.05) is 38.7 Å². The zero-order valence-corrected chi connectivity index (χ0v) is 14.1. The van der Waals surface area contributed by atoms with Gasteiger partial charge in [-0.15, -0.1) is 12.4 Å². The molecule has 0 aromatic heterocycles. The van der Waals surface area contributed by atoms with E-state index in [-0.39, 0.29) is 30.4 Å². The minimum absolute atomic E-state index is 0. The van der Waals surface area contributed by atoms with Crippen molar-refractivity contribution < 1.29 is 18.4 Å². The summed E-state index contributed by atoms with van der Waals surface area (Å²) in [5.74, 6) is -2.16. The van der Waals surface area contributed by atoms with Gasteiger partial charge in [0.25, 0.3) is 5.91 Å². The van der Waals surface area contributed by atoms with E-state index in [0.717, 1.165) is 38.2 Å². The molecule has 1 heterocycles. The summed E-state index contributed by atoms with van der Waals surface area (Å²) in [4.78, 5) is 25.7. The normalized spacial score (nSPS) is 14.5. The van der Waals surface area contributed by atoms with Crippen molar-refractivity contribution in [2.75, 3.05) is 32.7 Å². The Balaban J connectivity index is 0.00000288. The van der Waals surface area contributed by atoms with E-state index in [2.05, 4.69) is 10.6 Å². The minimum atomic E-state index is -0.893. The molecule has 0 atom stereocenters. The second kappa shape index (κ2) is 10.2. The molecule has 24 heavy (non-hydrogen) atoms. The molecule has 1 aliphatic heterocycles. The van der Waals surface area contributed by atoms with Crippen molar-refractivity contribution in [2.45, 2.75) is 19.3 Å². The highest BCUT2D eigenvalue weighted by molar-refractivity contribution is 5.94.